The highest BCUT2D eigenvalue weighted by molar-refractivity contribution is 7.09. The van der Waals surface area contributed by atoms with E-state index in [4.69, 9.17) is 0 Å². The summed E-state index contributed by atoms with van der Waals surface area (Å²) in [5.74, 6) is 0.792. The molecule has 3 rings (SSSR count). The highest BCUT2D eigenvalue weighted by atomic mass is 32.1. The first kappa shape index (κ1) is 14.0. The maximum atomic E-state index is 12.0. The van der Waals surface area contributed by atoms with Crippen LogP contribution in [0.1, 0.15) is 42.8 Å². The van der Waals surface area contributed by atoms with Gasteiger partial charge in [0.2, 0.25) is 5.91 Å². The van der Waals surface area contributed by atoms with Crippen molar-refractivity contribution in [3.63, 3.8) is 0 Å². The third kappa shape index (κ3) is 3.58. The molecule has 1 aromatic heterocycles. The normalized spacial score (nSPS) is 28.6. The third-order valence-electron chi connectivity index (χ3n) is 4.37. The van der Waals surface area contributed by atoms with Crippen molar-refractivity contribution < 1.29 is 4.79 Å². The average Bonchev–Trinajstić information content (AvgIpc) is 2.96. The Morgan fingerprint density at radius 3 is 2.85 bits per heavy atom. The maximum Gasteiger partial charge on any atom is 0.220 e. The smallest absolute Gasteiger partial charge is 0.220 e. The molecule has 4 nitrogen and oxygen atoms in total. The number of carbonyl (C=O) groups is 1. The lowest BCUT2D eigenvalue weighted by molar-refractivity contribution is -0.122. The predicted molar refractivity (Wildman–Crippen MR) is 80.9 cm³/mol. The predicted octanol–water partition coefficient (Wildman–Crippen LogP) is 2.03. The molecule has 1 amide bonds. The Kier molecular flexibility index (Phi) is 4.36. The van der Waals surface area contributed by atoms with Gasteiger partial charge in [0.15, 0.2) is 0 Å². The van der Waals surface area contributed by atoms with Crippen LogP contribution in [0.25, 0.3) is 0 Å². The summed E-state index contributed by atoms with van der Waals surface area (Å²) >= 11 is 1.68. The molecule has 2 bridgehead atoms. The quantitative estimate of drug-likeness (QED) is 0.873. The Balaban J connectivity index is 1.37. The zero-order valence-electron chi connectivity index (χ0n) is 12.0. The molecule has 0 radical (unpaired) electrons. The number of piperidine rings is 1. The monoisotopic (exact) mass is 293 g/mol. The zero-order chi connectivity index (χ0) is 13.9. The fourth-order valence-corrected chi connectivity index (χ4v) is 4.28. The second-order valence-electron chi connectivity index (χ2n) is 6.16. The van der Waals surface area contributed by atoms with Gasteiger partial charge >= 0.3 is 0 Å². The number of aryl methyl sites for hydroxylation is 1. The van der Waals surface area contributed by atoms with E-state index in [-0.39, 0.29) is 5.91 Å². The molecule has 2 aliphatic rings. The summed E-state index contributed by atoms with van der Waals surface area (Å²) < 4.78 is 0. The molecule has 0 saturated carbocycles. The van der Waals surface area contributed by atoms with E-state index in [1.54, 1.807) is 11.3 Å². The highest BCUT2D eigenvalue weighted by Crippen LogP contribution is 2.32. The van der Waals surface area contributed by atoms with Gasteiger partial charge in [-0.1, -0.05) is 0 Å². The van der Waals surface area contributed by atoms with Gasteiger partial charge in [-0.3, -0.25) is 4.79 Å². The topological polar surface area (TPSA) is 54.0 Å². The lowest BCUT2D eigenvalue weighted by atomic mass is 9.89. The molecule has 2 fully saturated rings. The average molecular weight is 293 g/mol. The Hall–Kier alpha value is -0.940. The SMILES string of the molecule is Cc1csc(CCNC(=O)CC2CC3CCC(C2)N3)n1. The number of carbonyl (C=O) groups excluding carboxylic acids is 1. The van der Waals surface area contributed by atoms with Crippen molar-refractivity contribution in [3.05, 3.63) is 16.1 Å². The Morgan fingerprint density at radius 2 is 2.20 bits per heavy atom. The van der Waals surface area contributed by atoms with Gasteiger partial charge in [-0.05, 0) is 38.5 Å². The van der Waals surface area contributed by atoms with Gasteiger partial charge in [-0.15, -0.1) is 11.3 Å². The highest BCUT2D eigenvalue weighted by Gasteiger charge is 2.33. The van der Waals surface area contributed by atoms with E-state index in [0.717, 1.165) is 17.1 Å². The standard InChI is InChI=1S/C15H23N3OS/c1-10-9-20-15(17-10)4-5-16-14(19)8-11-6-12-2-3-13(7-11)18-12/h9,11-13,18H,2-8H2,1H3,(H,16,19). The zero-order valence-corrected chi connectivity index (χ0v) is 12.8. The molecule has 2 unspecified atom stereocenters. The van der Waals surface area contributed by atoms with E-state index in [0.29, 0.717) is 31.0 Å². The Labute approximate surface area is 124 Å². The third-order valence-corrected chi connectivity index (χ3v) is 5.40. The first-order valence-electron chi connectivity index (χ1n) is 7.63. The number of aromatic nitrogens is 1. The van der Waals surface area contributed by atoms with Crippen LogP contribution in [0, 0.1) is 12.8 Å². The number of amides is 1. The summed E-state index contributed by atoms with van der Waals surface area (Å²) in [4.78, 5) is 16.4. The van der Waals surface area contributed by atoms with E-state index in [9.17, 15) is 4.79 Å². The van der Waals surface area contributed by atoms with Crippen molar-refractivity contribution in [2.75, 3.05) is 6.54 Å². The van der Waals surface area contributed by atoms with Crippen LogP contribution in [-0.2, 0) is 11.2 Å². The van der Waals surface area contributed by atoms with Gasteiger partial charge in [0.05, 0.1) is 5.01 Å². The van der Waals surface area contributed by atoms with Crippen LogP contribution >= 0.6 is 11.3 Å². The molecular weight excluding hydrogens is 270 g/mol. The van der Waals surface area contributed by atoms with Gasteiger partial charge in [-0.25, -0.2) is 4.98 Å². The van der Waals surface area contributed by atoms with E-state index < -0.39 is 0 Å². The maximum absolute atomic E-state index is 12.0. The van der Waals surface area contributed by atoms with Gasteiger partial charge in [0.25, 0.3) is 0 Å². The summed E-state index contributed by atoms with van der Waals surface area (Å²) in [6.45, 7) is 2.72. The van der Waals surface area contributed by atoms with E-state index in [1.165, 1.54) is 25.7 Å². The molecule has 2 N–H and O–H groups in total. The molecule has 2 saturated heterocycles. The van der Waals surface area contributed by atoms with E-state index in [1.807, 2.05) is 6.92 Å². The van der Waals surface area contributed by atoms with Crippen LogP contribution in [0.15, 0.2) is 5.38 Å². The lowest BCUT2D eigenvalue weighted by Crippen LogP contribution is -2.39. The van der Waals surface area contributed by atoms with Crippen LogP contribution in [0.5, 0.6) is 0 Å². The van der Waals surface area contributed by atoms with Crippen molar-refractivity contribution in [3.8, 4) is 0 Å². The minimum absolute atomic E-state index is 0.213. The molecule has 2 aliphatic heterocycles. The molecule has 110 valence electrons. The minimum Gasteiger partial charge on any atom is -0.356 e. The molecule has 0 aromatic carbocycles. The summed E-state index contributed by atoms with van der Waals surface area (Å²) in [5.41, 5.74) is 1.07. The van der Waals surface area contributed by atoms with Crippen molar-refractivity contribution in [2.24, 2.45) is 5.92 Å². The molecule has 20 heavy (non-hydrogen) atoms. The second-order valence-corrected chi connectivity index (χ2v) is 7.10. The molecule has 5 heteroatoms. The first-order valence-corrected chi connectivity index (χ1v) is 8.51. The molecule has 0 spiro atoms. The van der Waals surface area contributed by atoms with Gasteiger partial charge in [0, 0.05) is 42.5 Å². The fourth-order valence-electron chi connectivity index (χ4n) is 3.50. The van der Waals surface area contributed by atoms with Crippen LogP contribution < -0.4 is 10.6 Å². The fraction of sp³-hybridized carbons (Fsp3) is 0.733. The van der Waals surface area contributed by atoms with Gasteiger partial charge in [-0.2, -0.15) is 0 Å². The summed E-state index contributed by atoms with van der Waals surface area (Å²) in [6.07, 6.45) is 6.50. The first-order chi connectivity index (χ1) is 9.69. The van der Waals surface area contributed by atoms with Crippen molar-refractivity contribution in [2.45, 2.75) is 57.5 Å². The van der Waals surface area contributed by atoms with Crippen LogP contribution in [0.4, 0.5) is 0 Å². The lowest BCUT2D eigenvalue weighted by Gasteiger charge is -2.28. The molecular formula is C15H23N3OS. The van der Waals surface area contributed by atoms with Crippen molar-refractivity contribution in [1.82, 2.24) is 15.6 Å². The van der Waals surface area contributed by atoms with Crippen molar-refractivity contribution in [1.29, 1.82) is 0 Å². The number of rotatable bonds is 5. The second kappa shape index (κ2) is 6.22. The van der Waals surface area contributed by atoms with Gasteiger partial charge in [0.1, 0.15) is 0 Å². The number of fused-ring (bicyclic) bond motifs is 2. The summed E-state index contributed by atoms with van der Waals surface area (Å²) in [7, 11) is 0. The summed E-state index contributed by atoms with van der Waals surface area (Å²) in [5, 5.41) is 9.84. The molecule has 1 aromatic rings. The minimum atomic E-state index is 0.213. The van der Waals surface area contributed by atoms with Crippen LogP contribution in [-0.4, -0.2) is 29.5 Å². The number of hydrogen-bond donors (Lipinski definition) is 2. The largest absolute Gasteiger partial charge is 0.356 e. The summed E-state index contributed by atoms with van der Waals surface area (Å²) in [6, 6.07) is 1.34. The number of thiazole rings is 1. The van der Waals surface area contributed by atoms with E-state index in [2.05, 4.69) is 21.0 Å². The van der Waals surface area contributed by atoms with Crippen molar-refractivity contribution >= 4 is 17.2 Å². The van der Waals surface area contributed by atoms with Crippen LogP contribution in [0.3, 0.4) is 0 Å². The van der Waals surface area contributed by atoms with Gasteiger partial charge < -0.3 is 10.6 Å². The molecule has 0 aliphatic carbocycles. The molecule has 3 heterocycles. The number of nitrogens with one attached hydrogen (secondary N) is 2. The Morgan fingerprint density at radius 1 is 1.45 bits per heavy atom. The Bertz CT molecular complexity index is 461. The van der Waals surface area contributed by atoms with Crippen LogP contribution in [0.2, 0.25) is 0 Å². The van der Waals surface area contributed by atoms with E-state index >= 15 is 0 Å². The number of hydrogen-bond acceptors (Lipinski definition) is 4. The molecule has 2 atom stereocenters. The number of nitrogens with zero attached hydrogens (tertiary/aromatic N) is 1.